The monoisotopic (exact) mass is 304 g/mol. The van der Waals surface area contributed by atoms with Crippen LogP contribution < -0.4 is 0 Å². The van der Waals surface area contributed by atoms with E-state index in [0.29, 0.717) is 25.2 Å². The van der Waals surface area contributed by atoms with E-state index in [-0.39, 0.29) is 23.3 Å². The minimum atomic E-state index is -1.17. The first-order valence-corrected chi connectivity index (χ1v) is 7.00. The lowest BCUT2D eigenvalue weighted by atomic mass is 9.89. The number of morpholine rings is 1. The molecule has 2 aliphatic rings. The van der Waals surface area contributed by atoms with E-state index < -0.39 is 10.9 Å². The molecule has 22 heavy (non-hydrogen) atoms. The van der Waals surface area contributed by atoms with E-state index in [1.54, 1.807) is 0 Å². The van der Waals surface area contributed by atoms with Crippen LogP contribution in [0.5, 0.6) is 0 Å². The van der Waals surface area contributed by atoms with Crippen molar-refractivity contribution in [2.24, 2.45) is 0 Å². The normalized spacial score (nSPS) is 24.7. The number of benzene rings is 1. The molecule has 0 aromatic heterocycles. The van der Waals surface area contributed by atoms with Crippen molar-refractivity contribution < 1.29 is 19.6 Å². The quantitative estimate of drug-likeness (QED) is 0.676. The smallest absolute Gasteiger partial charge is 0.335 e. The Hall–Kier alpha value is -2.25. The lowest BCUT2D eigenvalue weighted by Crippen LogP contribution is -2.51. The summed E-state index contributed by atoms with van der Waals surface area (Å²) in [4.78, 5) is 24.0. The summed E-state index contributed by atoms with van der Waals surface area (Å²) in [6, 6.07) is 4.37. The van der Waals surface area contributed by atoms with E-state index in [1.165, 1.54) is 12.1 Å². The SMILES string of the molecule is CN1C2C=C(c3ccc(C(=O)O)cc3[N+](=O)[O-])CC1COC2. The molecular weight excluding hydrogens is 288 g/mol. The minimum Gasteiger partial charge on any atom is -0.478 e. The molecule has 2 atom stereocenters. The molecule has 1 N–H and O–H groups in total. The largest absolute Gasteiger partial charge is 0.478 e. The number of ether oxygens (including phenoxy) is 1. The summed E-state index contributed by atoms with van der Waals surface area (Å²) >= 11 is 0. The fourth-order valence-electron chi connectivity index (χ4n) is 3.04. The number of hydrogen-bond acceptors (Lipinski definition) is 5. The van der Waals surface area contributed by atoms with Crippen LogP contribution in [0.25, 0.3) is 5.57 Å². The molecule has 2 aliphatic heterocycles. The van der Waals surface area contributed by atoms with Crippen LogP contribution in [-0.4, -0.2) is 53.2 Å². The molecule has 0 aliphatic carbocycles. The van der Waals surface area contributed by atoms with Gasteiger partial charge in [0.25, 0.3) is 5.69 Å². The molecule has 1 saturated heterocycles. The second kappa shape index (κ2) is 5.51. The van der Waals surface area contributed by atoms with Gasteiger partial charge in [0.1, 0.15) is 0 Å². The average molecular weight is 304 g/mol. The Morgan fingerprint density at radius 3 is 2.86 bits per heavy atom. The number of carboxylic acids is 1. The number of likely N-dealkylation sites (N-methyl/N-ethyl adjacent to an activating group) is 1. The maximum absolute atomic E-state index is 11.3. The second-order valence-electron chi connectivity index (χ2n) is 5.61. The van der Waals surface area contributed by atoms with E-state index in [2.05, 4.69) is 4.90 Å². The van der Waals surface area contributed by atoms with Gasteiger partial charge in [-0.15, -0.1) is 0 Å². The highest BCUT2D eigenvalue weighted by atomic mass is 16.6. The fourth-order valence-corrected chi connectivity index (χ4v) is 3.04. The lowest BCUT2D eigenvalue weighted by molar-refractivity contribution is -0.385. The third-order valence-corrected chi connectivity index (χ3v) is 4.33. The summed E-state index contributed by atoms with van der Waals surface area (Å²) in [5, 5.41) is 20.3. The summed E-state index contributed by atoms with van der Waals surface area (Å²) in [6.07, 6.45) is 2.64. The van der Waals surface area contributed by atoms with Crippen molar-refractivity contribution >= 4 is 17.2 Å². The predicted molar refractivity (Wildman–Crippen MR) is 78.8 cm³/mol. The van der Waals surface area contributed by atoms with Crippen LogP contribution >= 0.6 is 0 Å². The van der Waals surface area contributed by atoms with Crippen LogP contribution in [0.15, 0.2) is 24.3 Å². The maximum Gasteiger partial charge on any atom is 0.335 e. The van der Waals surface area contributed by atoms with Crippen LogP contribution in [0.3, 0.4) is 0 Å². The number of carbonyl (C=O) groups is 1. The summed E-state index contributed by atoms with van der Waals surface area (Å²) in [7, 11) is 2.02. The lowest BCUT2D eigenvalue weighted by Gasteiger charge is -2.42. The van der Waals surface area contributed by atoms with Gasteiger partial charge < -0.3 is 9.84 Å². The zero-order chi connectivity index (χ0) is 15.9. The van der Waals surface area contributed by atoms with E-state index >= 15 is 0 Å². The van der Waals surface area contributed by atoms with Crippen molar-refractivity contribution in [2.45, 2.75) is 18.5 Å². The number of nitro benzene ring substituents is 1. The average Bonchev–Trinajstić information content (AvgIpc) is 2.46. The first-order valence-electron chi connectivity index (χ1n) is 7.00. The number of hydrogen-bond donors (Lipinski definition) is 1. The molecule has 116 valence electrons. The zero-order valence-corrected chi connectivity index (χ0v) is 12.1. The summed E-state index contributed by atoms with van der Waals surface area (Å²) in [6.45, 7) is 1.17. The molecule has 2 heterocycles. The van der Waals surface area contributed by atoms with Gasteiger partial charge in [-0.25, -0.2) is 4.79 Å². The molecule has 0 amide bonds. The van der Waals surface area contributed by atoms with Gasteiger partial charge >= 0.3 is 5.97 Å². The first kappa shape index (κ1) is 14.7. The Morgan fingerprint density at radius 2 is 2.23 bits per heavy atom. The Labute approximate surface area is 126 Å². The Balaban J connectivity index is 2.04. The van der Waals surface area contributed by atoms with Gasteiger partial charge in [-0.2, -0.15) is 0 Å². The standard InChI is InChI=1S/C15H16N2O5/c1-16-11-4-10(5-12(16)8-22-7-11)13-3-2-9(15(18)19)6-14(13)17(20)21/h2-4,6,11-12H,5,7-8H2,1H3,(H,18,19). The third-order valence-electron chi connectivity index (χ3n) is 4.33. The fraction of sp³-hybridized carbons (Fsp3) is 0.400. The van der Waals surface area contributed by atoms with Crippen LogP contribution in [0, 0.1) is 10.1 Å². The second-order valence-corrected chi connectivity index (χ2v) is 5.61. The van der Waals surface area contributed by atoms with E-state index in [9.17, 15) is 14.9 Å². The molecule has 0 radical (unpaired) electrons. The molecule has 1 aromatic rings. The van der Waals surface area contributed by atoms with E-state index in [0.717, 1.165) is 11.6 Å². The number of carboxylic acid groups (broad SMARTS) is 1. The highest BCUT2D eigenvalue weighted by Gasteiger charge is 2.34. The molecule has 7 nitrogen and oxygen atoms in total. The summed E-state index contributed by atoms with van der Waals surface area (Å²) in [5.41, 5.74) is 1.15. The van der Waals surface area contributed by atoms with Gasteiger partial charge in [0.2, 0.25) is 0 Å². The van der Waals surface area contributed by atoms with Crippen LogP contribution in [0.1, 0.15) is 22.3 Å². The molecule has 0 saturated carbocycles. The Kier molecular flexibility index (Phi) is 3.67. The highest BCUT2D eigenvalue weighted by molar-refractivity contribution is 5.90. The van der Waals surface area contributed by atoms with Gasteiger partial charge in [-0.3, -0.25) is 15.0 Å². The Morgan fingerprint density at radius 1 is 1.45 bits per heavy atom. The minimum absolute atomic E-state index is 0.0764. The number of nitro groups is 1. The van der Waals surface area contributed by atoms with Crippen molar-refractivity contribution in [3.63, 3.8) is 0 Å². The van der Waals surface area contributed by atoms with Crippen LogP contribution in [0.2, 0.25) is 0 Å². The number of fused-ring (bicyclic) bond motifs is 2. The molecule has 3 rings (SSSR count). The zero-order valence-electron chi connectivity index (χ0n) is 12.1. The highest BCUT2D eigenvalue weighted by Crippen LogP contribution is 2.36. The van der Waals surface area contributed by atoms with Crippen LogP contribution in [0.4, 0.5) is 5.69 Å². The Bertz CT molecular complexity index is 670. The molecular formula is C15H16N2O5. The summed E-state index contributed by atoms with van der Waals surface area (Å²) < 4.78 is 5.52. The molecule has 0 spiro atoms. The van der Waals surface area contributed by atoms with Crippen molar-refractivity contribution in [2.75, 3.05) is 20.3 Å². The van der Waals surface area contributed by atoms with Crippen molar-refractivity contribution in [3.8, 4) is 0 Å². The number of aromatic carboxylic acids is 1. The molecule has 1 aromatic carbocycles. The van der Waals surface area contributed by atoms with Gasteiger partial charge in [-0.05, 0) is 31.2 Å². The van der Waals surface area contributed by atoms with Crippen molar-refractivity contribution in [3.05, 3.63) is 45.5 Å². The predicted octanol–water partition coefficient (Wildman–Crippen LogP) is 1.78. The maximum atomic E-state index is 11.3. The van der Waals surface area contributed by atoms with E-state index in [1.807, 2.05) is 13.1 Å². The van der Waals surface area contributed by atoms with Gasteiger partial charge in [0.05, 0.1) is 35.3 Å². The molecule has 7 heteroatoms. The van der Waals surface area contributed by atoms with Crippen LogP contribution in [-0.2, 0) is 4.74 Å². The van der Waals surface area contributed by atoms with Gasteiger partial charge in [0.15, 0.2) is 0 Å². The van der Waals surface area contributed by atoms with Crippen molar-refractivity contribution in [1.29, 1.82) is 0 Å². The third kappa shape index (κ3) is 2.49. The number of rotatable bonds is 3. The van der Waals surface area contributed by atoms with Crippen molar-refractivity contribution in [1.82, 2.24) is 4.90 Å². The molecule has 2 unspecified atom stereocenters. The van der Waals surface area contributed by atoms with Gasteiger partial charge in [-0.1, -0.05) is 6.08 Å². The first-order chi connectivity index (χ1) is 10.5. The van der Waals surface area contributed by atoms with Gasteiger partial charge in [0, 0.05) is 12.1 Å². The molecule has 2 bridgehead atoms. The topological polar surface area (TPSA) is 92.9 Å². The summed E-state index contributed by atoms with van der Waals surface area (Å²) in [5.74, 6) is -1.17. The molecule has 1 fully saturated rings. The number of nitrogens with zero attached hydrogens (tertiary/aromatic N) is 2. The van der Waals surface area contributed by atoms with E-state index in [4.69, 9.17) is 9.84 Å².